The standard InChI is InChI=1S/C24H27ClF2N6O3.C3H6/c1-13-3-5-15(10-34)33(9-13)23-28-8-17(25)21(31-23)30-14-4-6-18-16(7-14)19-20(22(35)32(18)2)36-12-24(26,27)11-29-19;1-2-3-1/h4,6-8,13,15,29,34H,3,5,9-12H2,1-2H3,(H,28,30,31);1-3H2. The van der Waals surface area contributed by atoms with Crippen LogP contribution in [-0.2, 0) is 7.05 Å². The van der Waals surface area contributed by atoms with E-state index in [-0.39, 0.29) is 24.1 Å². The third kappa shape index (κ3) is 6.04. The van der Waals surface area contributed by atoms with E-state index >= 15 is 0 Å². The number of piperidine rings is 1. The molecule has 3 N–H and O–H groups in total. The van der Waals surface area contributed by atoms with Crippen LogP contribution in [0.5, 0.6) is 5.75 Å². The van der Waals surface area contributed by atoms with Crippen LogP contribution in [-0.4, -0.2) is 57.9 Å². The van der Waals surface area contributed by atoms with Crippen LogP contribution in [0.15, 0.2) is 29.2 Å². The molecule has 6 rings (SSSR count). The van der Waals surface area contributed by atoms with E-state index in [0.29, 0.717) is 39.3 Å². The maximum Gasteiger partial charge on any atom is 0.298 e. The number of aromatic nitrogens is 3. The Hall–Kier alpha value is -3.18. The second-order valence-corrected chi connectivity index (χ2v) is 10.9. The number of halogens is 3. The summed E-state index contributed by atoms with van der Waals surface area (Å²) in [5.74, 6) is -2.00. The molecule has 3 aliphatic rings. The molecule has 0 spiro atoms. The van der Waals surface area contributed by atoms with Gasteiger partial charge in [0.25, 0.3) is 11.5 Å². The number of anilines is 4. The van der Waals surface area contributed by atoms with Crippen LogP contribution in [0, 0.1) is 5.92 Å². The topological polar surface area (TPSA) is 105 Å². The first-order valence-corrected chi connectivity index (χ1v) is 13.6. The largest absolute Gasteiger partial charge is 0.480 e. The van der Waals surface area contributed by atoms with Gasteiger partial charge in [-0.25, -0.2) is 13.8 Å². The Kier molecular flexibility index (Phi) is 7.82. The van der Waals surface area contributed by atoms with Crippen LogP contribution < -0.4 is 25.8 Å². The maximum atomic E-state index is 14.0. The molecular formula is C27H33ClF2N6O3. The van der Waals surface area contributed by atoms with E-state index < -0.39 is 24.6 Å². The molecule has 39 heavy (non-hydrogen) atoms. The molecule has 2 aliphatic heterocycles. The lowest BCUT2D eigenvalue weighted by molar-refractivity contribution is -0.0251. The number of aryl methyl sites for hydroxylation is 1. The highest BCUT2D eigenvalue weighted by Crippen LogP contribution is 2.36. The van der Waals surface area contributed by atoms with Gasteiger partial charge < -0.3 is 29.9 Å². The highest BCUT2D eigenvalue weighted by Gasteiger charge is 2.35. The second-order valence-electron chi connectivity index (χ2n) is 10.5. The van der Waals surface area contributed by atoms with Crippen molar-refractivity contribution in [2.75, 3.05) is 41.8 Å². The van der Waals surface area contributed by atoms with Crippen molar-refractivity contribution in [3.05, 3.63) is 39.8 Å². The summed E-state index contributed by atoms with van der Waals surface area (Å²) in [7, 11) is 1.56. The van der Waals surface area contributed by atoms with Crippen molar-refractivity contribution in [1.82, 2.24) is 14.5 Å². The van der Waals surface area contributed by atoms with E-state index in [1.165, 1.54) is 30.0 Å². The third-order valence-corrected chi connectivity index (χ3v) is 7.34. The Labute approximate surface area is 230 Å². The van der Waals surface area contributed by atoms with Crippen molar-refractivity contribution in [3.8, 4) is 5.75 Å². The summed E-state index contributed by atoms with van der Waals surface area (Å²) in [6, 6.07) is 5.12. The fourth-order valence-corrected chi connectivity index (χ4v) is 4.86. The second kappa shape index (κ2) is 11.1. The Bertz CT molecular complexity index is 1410. The Morgan fingerprint density at radius 1 is 1.28 bits per heavy atom. The van der Waals surface area contributed by atoms with Crippen LogP contribution in [0.3, 0.4) is 0 Å². The van der Waals surface area contributed by atoms with Gasteiger partial charge in [-0.05, 0) is 37.0 Å². The molecule has 4 heterocycles. The molecule has 1 aliphatic carbocycles. The Morgan fingerprint density at radius 3 is 2.77 bits per heavy atom. The van der Waals surface area contributed by atoms with E-state index in [1.807, 2.05) is 4.90 Å². The van der Waals surface area contributed by atoms with E-state index in [4.69, 9.17) is 16.3 Å². The van der Waals surface area contributed by atoms with Gasteiger partial charge in [0, 0.05) is 24.7 Å². The summed E-state index contributed by atoms with van der Waals surface area (Å²) in [5, 5.41) is 16.5. The molecule has 12 heteroatoms. The first-order valence-electron chi connectivity index (χ1n) is 13.2. The summed E-state index contributed by atoms with van der Waals surface area (Å²) >= 11 is 6.40. The molecule has 2 atom stereocenters. The summed E-state index contributed by atoms with van der Waals surface area (Å²) in [4.78, 5) is 23.8. The average molecular weight is 563 g/mol. The van der Waals surface area contributed by atoms with Crippen molar-refractivity contribution in [2.24, 2.45) is 13.0 Å². The van der Waals surface area contributed by atoms with E-state index in [9.17, 15) is 18.7 Å². The summed E-state index contributed by atoms with van der Waals surface area (Å²) in [6.45, 7) is 1.34. The number of pyridine rings is 1. The van der Waals surface area contributed by atoms with Crippen LogP contribution in [0.4, 0.5) is 31.9 Å². The maximum absolute atomic E-state index is 14.0. The zero-order valence-corrected chi connectivity index (χ0v) is 22.8. The molecule has 1 saturated carbocycles. The molecule has 2 fully saturated rings. The third-order valence-electron chi connectivity index (χ3n) is 7.06. The zero-order chi connectivity index (χ0) is 27.7. The van der Waals surface area contributed by atoms with Crippen LogP contribution in [0.1, 0.15) is 39.0 Å². The molecule has 2 unspecified atom stereocenters. The quantitative estimate of drug-likeness (QED) is 0.411. The Morgan fingerprint density at radius 2 is 2.05 bits per heavy atom. The van der Waals surface area contributed by atoms with Crippen molar-refractivity contribution in [2.45, 2.75) is 51.0 Å². The summed E-state index contributed by atoms with van der Waals surface area (Å²) < 4.78 is 34.6. The lowest BCUT2D eigenvalue weighted by Gasteiger charge is -2.37. The number of hydrogen-bond donors (Lipinski definition) is 3. The zero-order valence-electron chi connectivity index (χ0n) is 22.0. The lowest BCUT2D eigenvalue weighted by Crippen LogP contribution is -2.45. The summed E-state index contributed by atoms with van der Waals surface area (Å²) in [5.41, 5.74) is 0.851. The minimum atomic E-state index is -3.12. The molecule has 2 aromatic heterocycles. The normalized spacial score (nSPS) is 21.5. The van der Waals surface area contributed by atoms with E-state index in [1.54, 1.807) is 25.2 Å². The number of nitrogens with zero attached hydrogens (tertiary/aromatic N) is 4. The number of aliphatic hydroxyl groups excluding tert-OH is 1. The first kappa shape index (κ1) is 27.4. The highest BCUT2D eigenvalue weighted by atomic mass is 35.5. The number of rotatable bonds is 4. The summed E-state index contributed by atoms with van der Waals surface area (Å²) in [6.07, 6.45) is 7.87. The van der Waals surface area contributed by atoms with Gasteiger partial charge in [0.05, 0.1) is 36.6 Å². The smallest absolute Gasteiger partial charge is 0.298 e. The monoisotopic (exact) mass is 562 g/mol. The minimum Gasteiger partial charge on any atom is -0.480 e. The van der Waals surface area contributed by atoms with Gasteiger partial charge in [-0.1, -0.05) is 37.8 Å². The molecule has 9 nitrogen and oxygen atoms in total. The number of ether oxygens (including phenoxy) is 1. The molecule has 0 radical (unpaired) electrons. The van der Waals surface area contributed by atoms with Crippen molar-refractivity contribution >= 4 is 45.6 Å². The molecule has 1 saturated heterocycles. The predicted octanol–water partition coefficient (Wildman–Crippen LogP) is 4.93. The van der Waals surface area contributed by atoms with Gasteiger partial charge in [0.2, 0.25) is 11.7 Å². The van der Waals surface area contributed by atoms with Gasteiger partial charge in [-0.2, -0.15) is 4.98 Å². The SMILES string of the molecule is C1CC1.CC1CCC(CO)N(c2ncc(Cl)c(Nc3ccc4c(c3)c3c(c(=O)n4C)OCC(F)(F)CN3)n2)C1. The molecule has 0 amide bonds. The van der Waals surface area contributed by atoms with Gasteiger partial charge in [-0.15, -0.1) is 0 Å². The molecular weight excluding hydrogens is 530 g/mol. The van der Waals surface area contributed by atoms with Crippen molar-refractivity contribution in [3.63, 3.8) is 0 Å². The van der Waals surface area contributed by atoms with Gasteiger partial charge in [0.15, 0.2) is 12.4 Å². The predicted molar refractivity (Wildman–Crippen MR) is 149 cm³/mol. The number of fused-ring (bicyclic) bond motifs is 3. The molecule has 0 bridgehead atoms. The molecule has 3 aromatic rings. The van der Waals surface area contributed by atoms with Gasteiger partial charge in [-0.3, -0.25) is 4.79 Å². The van der Waals surface area contributed by atoms with E-state index in [0.717, 1.165) is 19.4 Å². The highest BCUT2D eigenvalue weighted by molar-refractivity contribution is 6.33. The van der Waals surface area contributed by atoms with Crippen molar-refractivity contribution in [1.29, 1.82) is 0 Å². The average Bonchev–Trinajstić information content (AvgIpc) is 3.80. The number of benzene rings is 1. The molecule has 210 valence electrons. The fraction of sp³-hybridized carbons (Fsp3) is 0.519. The van der Waals surface area contributed by atoms with Crippen LogP contribution >= 0.6 is 11.6 Å². The van der Waals surface area contributed by atoms with Crippen LogP contribution in [0.2, 0.25) is 5.02 Å². The molecule has 1 aromatic carbocycles. The number of aliphatic hydroxyl groups is 1. The fourth-order valence-electron chi connectivity index (χ4n) is 4.72. The number of hydrogen-bond acceptors (Lipinski definition) is 8. The minimum absolute atomic E-state index is 0.00406. The van der Waals surface area contributed by atoms with Crippen molar-refractivity contribution < 1.29 is 18.6 Å². The number of alkyl halides is 2. The number of nitrogens with one attached hydrogen (secondary N) is 2. The van der Waals surface area contributed by atoms with Gasteiger partial charge >= 0.3 is 0 Å². The first-order chi connectivity index (χ1) is 18.7. The van der Waals surface area contributed by atoms with E-state index in [2.05, 4.69) is 27.5 Å². The van der Waals surface area contributed by atoms with Crippen LogP contribution in [0.25, 0.3) is 10.9 Å². The lowest BCUT2D eigenvalue weighted by atomic mass is 9.95. The van der Waals surface area contributed by atoms with Gasteiger partial charge in [0.1, 0.15) is 5.02 Å². The Balaban J connectivity index is 0.000000962.